The zero-order valence-corrected chi connectivity index (χ0v) is 17.3. The van der Waals surface area contributed by atoms with E-state index < -0.39 is 15.9 Å². The Morgan fingerprint density at radius 2 is 1.97 bits per heavy atom. The van der Waals surface area contributed by atoms with Gasteiger partial charge in [-0.3, -0.25) is 15.2 Å². The number of rotatable bonds is 8. The second-order valence-electron chi connectivity index (χ2n) is 5.94. The van der Waals surface area contributed by atoms with Gasteiger partial charge in [0.05, 0.1) is 19.8 Å². The summed E-state index contributed by atoms with van der Waals surface area (Å²) < 4.78 is 35.3. The van der Waals surface area contributed by atoms with E-state index in [0.29, 0.717) is 11.3 Å². The van der Waals surface area contributed by atoms with Gasteiger partial charge < -0.3 is 9.47 Å². The van der Waals surface area contributed by atoms with Gasteiger partial charge in [-0.2, -0.15) is 0 Å². The average molecular weight is 417 g/mol. The molecule has 0 aliphatic carbocycles. The van der Waals surface area contributed by atoms with Crippen LogP contribution in [0.5, 0.6) is 11.5 Å². The number of methoxy groups -OCH3 is 2. The van der Waals surface area contributed by atoms with Crippen molar-refractivity contribution in [1.82, 2.24) is 15.2 Å². The largest absolute Gasteiger partial charge is 0.497 e. The minimum atomic E-state index is -4.10. The molecule has 2 N–H and O–H groups in total. The predicted octanol–water partition coefficient (Wildman–Crippen LogP) is 2.26. The lowest BCUT2D eigenvalue weighted by atomic mass is 10.2. The Bertz CT molecular complexity index is 1030. The van der Waals surface area contributed by atoms with Crippen LogP contribution in [0.15, 0.2) is 41.6 Å². The van der Waals surface area contributed by atoms with Crippen LogP contribution in [0.3, 0.4) is 0 Å². The average Bonchev–Trinajstić information content (AvgIpc) is 2.74. The highest BCUT2D eigenvalue weighted by Gasteiger charge is 2.21. The van der Waals surface area contributed by atoms with Gasteiger partial charge in [0.1, 0.15) is 16.4 Å². The zero-order valence-electron chi connectivity index (χ0n) is 16.5. The number of unbranched alkanes of at least 4 members (excludes halogenated alkanes) is 2. The minimum absolute atomic E-state index is 0.110. The molecule has 0 spiro atoms. The molecule has 29 heavy (non-hydrogen) atoms. The molecule has 1 heterocycles. The van der Waals surface area contributed by atoms with Gasteiger partial charge in [-0.1, -0.05) is 25.2 Å². The van der Waals surface area contributed by atoms with Crippen molar-refractivity contribution in [2.75, 3.05) is 14.2 Å². The molecule has 0 saturated carbocycles. The molecule has 2 rings (SSSR count). The molecule has 9 heteroatoms. The molecular weight excluding hydrogens is 394 g/mol. The maximum Gasteiger partial charge on any atom is 0.267 e. The van der Waals surface area contributed by atoms with Crippen molar-refractivity contribution >= 4 is 15.9 Å². The number of benzene rings is 1. The Morgan fingerprint density at radius 1 is 1.17 bits per heavy atom. The van der Waals surface area contributed by atoms with E-state index >= 15 is 0 Å². The fourth-order valence-electron chi connectivity index (χ4n) is 2.30. The van der Waals surface area contributed by atoms with Gasteiger partial charge in [0.2, 0.25) is 0 Å². The van der Waals surface area contributed by atoms with E-state index in [4.69, 9.17) is 9.47 Å². The molecular formula is C20H23N3O5S. The Hall–Kier alpha value is -3.09. The first kappa shape index (κ1) is 22.2. The monoisotopic (exact) mass is 417 g/mol. The number of aromatic nitrogens is 1. The van der Waals surface area contributed by atoms with Crippen LogP contribution in [0, 0.1) is 11.8 Å². The SMILES string of the molecule is CCCCC#Cc1cncc(C(=O)NNS(=O)(=O)c2cc(OC)ccc2OC)c1. The lowest BCUT2D eigenvalue weighted by Crippen LogP contribution is -2.41. The number of hydrogen-bond acceptors (Lipinski definition) is 6. The van der Waals surface area contributed by atoms with Gasteiger partial charge in [-0.15, -0.1) is 4.83 Å². The van der Waals surface area contributed by atoms with Crippen molar-refractivity contribution in [3.05, 3.63) is 47.8 Å². The first-order valence-electron chi connectivity index (χ1n) is 8.89. The summed E-state index contributed by atoms with van der Waals surface area (Å²) in [7, 11) is -1.34. The summed E-state index contributed by atoms with van der Waals surface area (Å²) in [6, 6.07) is 5.86. The fraction of sp³-hybridized carbons (Fsp3) is 0.300. The summed E-state index contributed by atoms with van der Waals surface area (Å²) in [5, 5.41) is 0. The van der Waals surface area contributed by atoms with Gasteiger partial charge in [-0.25, -0.2) is 8.42 Å². The van der Waals surface area contributed by atoms with Crippen LogP contribution in [0.1, 0.15) is 42.1 Å². The van der Waals surface area contributed by atoms with Crippen molar-refractivity contribution in [3.63, 3.8) is 0 Å². The van der Waals surface area contributed by atoms with Gasteiger partial charge in [0.25, 0.3) is 15.9 Å². The van der Waals surface area contributed by atoms with Crippen LogP contribution < -0.4 is 19.7 Å². The fourth-order valence-corrected chi connectivity index (χ4v) is 3.32. The first-order chi connectivity index (χ1) is 13.9. The van der Waals surface area contributed by atoms with Crippen LogP contribution in [0.4, 0.5) is 0 Å². The molecule has 0 atom stereocenters. The maximum atomic E-state index is 12.6. The topological polar surface area (TPSA) is 107 Å². The number of nitrogens with one attached hydrogen (secondary N) is 2. The summed E-state index contributed by atoms with van der Waals surface area (Å²) in [5.41, 5.74) is 2.92. The lowest BCUT2D eigenvalue weighted by Gasteiger charge is -2.12. The molecule has 0 aliphatic heterocycles. The van der Waals surface area contributed by atoms with E-state index in [1.165, 1.54) is 32.5 Å². The lowest BCUT2D eigenvalue weighted by molar-refractivity contribution is 0.0944. The molecule has 0 radical (unpaired) electrons. The molecule has 2 aromatic rings. The summed E-state index contributed by atoms with van der Waals surface area (Å²) in [4.78, 5) is 18.2. The standard InChI is InChI=1S/C20H23N3O5S/c1-4-5-6-7-8-15-11-16(14-21-13-15)20(24)22-23-29(25,26)19-12-17(27-2)9-10-18(19)28-3/h9-14,23H,4-6H2,1-3H3,(H,22,24). The third-order valence-electron chi connectivity index (χ3n) is 3.85. The van der Waals surface area contributed by atoms with Crippen LogP contribution in [0.25, 0.3) is 0 Å². The van der Waals surface area contributed by atoms with Crippen LogP contribution in [-0.4, -0.2) is 33.5 Å². The summed E-state index contributed by atoms with van der Waals surface area (Å²) >= 11 is 0. The molecule has 1 amide bonds. The molecule has 154 valence electrons. The number of carbonyl (C=O) groups excluding carboxylic acids is 1. The molecule has 0 fully saturated rings. The smallest absolute Gasteiger partial charge is 0.267 e. The summed E-state index contributed by atoms with van der Waals surface area (Å²) in [6.07, 6.45) is 5.67. The Kier molecular flexibility index (Phi) is 8.00. The van der Waals surface area contributed by atoms with E-state index in [1.54, 1.807) is 18.3 Å². The van der Waals surface area contributed by atoms with Crippen LogP contribution in [-0.2, 0) is 10.0 Å². The number of carbonyl (C=O) groups is 1. The highest BCUT2D eigenvalue weighted by atomic mass is 32.2. The second kappa shape index (κ2) is 10.5. The van der Waals surface area contributed by atoms with Crippen molar-refractivity contribution in [2.24, 2.45) is 0 Å². The first-order valence-corrected chi connectivity index (χ1v) is 10.4. The Morgan fingerprint density at radius 3 is 2.66 bits per heavy atom. The number of pyridine rings is 1. The van der Waals surface area contributed by atoms with Crippen molar-refractivity contribution in [1.29, 1.82) is 0 Å². The molecule has 0 bridgehead atoms. The Balaban J connectivity index is 2.13. The number of hydrazine groups is 1. The van der Waals surface area contributed by atoms with Gasteiger partial charge >= 0.3 is 0 Å². The second-order valence-corrected chi connectivity index (χ2v) is 7.59. The predicted molar refractivity (Wildman–Crippen MR) is 108 cm³/mol. The van der Waals surface area contributed by atoms with Crippen molar-refractivity contribution < 1.29 is 22.7 Å². The van der Waals surface area contributed by atoms with Crippen molar-refractivity contribution in [3.8, 4) is 23.3 Å². The number of sulfonamides is 1. The zero-order chi connectivity index (χ0) is 21.3. The normalized spacial score (nSPS) is 10.6. The molecule has 8 nitrogen and oxygen atoms in total. The number of hydrogen-bond donors (Lipinski definition) is 2. The molecule has 0 unspecified atom stereocenters. The quantitative estimate of drug-likeness (QED) is 0.388. The summed E-state index contributed by atoms with van der Waals surface area (Å²) in [5.74, 6) is 5.72. The van der Waals surface area contributed by atoms with Gasteiger partial charge in [0.15, 0.2) is 0 Å². The van der Waals surface area contributed by atoms with E-state index in [2.05, 4.69) is 34.0 Å². The molecule has 0 aliphatic rings. The number of nitrogens with zero attached hydrogens (tertiary/aromatic N) is 1. The highest BCUT2D eigenvalue weighted by molar-refractivity contribution is 7.89. The summed E-state index contributed by atoms with van der Waals surface area (Å²) in [6.45, 7) is 2.08. The van der Waals surface area contributed by atoms with E-state index in [9.17, 15) is 13.2 Å². The highest BCUT2D eigenvalue weighted by Crippen LogP contribution is 2.27. The van der Waals surface area contributed by atoms with Crippen LogP contribution in [0.2, 0.25) is 0 Å². The van der Waals surface area contributed by atoms with Crippen molar-refractivity contribution in [2.45, 2.75) is 31.1 Å². The van der Waals surface area contributed by atoms with E-state index in [1.807, 2.05) is 0 Å². The van der Waals surface area contributed by atoms with Crippen LogP contribution >= 0.6 is 0 Å². The van der Waals surface area contributed by atoms with Gasteiger partial charge in [-0.05, 0) is 24.6 Å². The van der Waals surface area contributed by atoms with Gasteiger partial charge in [0, 0.05) is 30.4 Å². The molecule has 0 saturated heterocycles. The third kappa shape index (κ3) is 6.20. The van der Waals surface area contributed by atoms with E-state index in [-0.39, 0.29) is 16.2 Å². The third-order valence-corrected chi connectivity index (χ3v) is 5.12. The molecule has 1 aromatic carbocycles. The number of amides is 1. The molecule has 1 aromatic heterocycles. The minimum Gasteiger partial charge on any atom is -0.497 e. The maximum absolute atomic E-state index is 12.6. The number of ether oxygens (including phenoxy) is 2. The Labute approximate surface area is 170 Å². The van der Waals surface area contributed by atoms with E-state index in [0.717, 1.165) is 19.3 Å².